The van der Waals surface area contributed by atoms with Gasteiger partial charge in [-0.1, -0.05) is 0 Å². The molecule has 0 saturated carbocycles. The molecule has 0 bridgehead atoms. The van der Waals surface area contributed by atoms with Crippen molar-refractivity contribution < 1.29 is 0 Å². The molecule has 1 fully saturated rings. The van der Waals surface area contributed by atoms with Crippen molar-refractivity contribution in [1.29, 1.82) is 0 Å². The molecule has 0 spiro atoms. The smallest absolute Gasteiger partial charge is 0.0609 e. The molecule has 0 unspecified atom stereocenters. The van der Waals surface area contributed by atoms with E-state index in [0.29, 0.717) is 13.9 Å². The molecule has 12 heteroatoms. The second-order valence-electron chi connectivity index (χ2n) is 5.16. The molecule has 1 saturated heterocycles. The second-order valence-corrected chi connectivity index (χ2v) is 18.2. The first kappa shape index (κ1) is 28.2. The number of hydrogen-bond acceptors (Lipinski definition) is 12. The fourth-order valence-electron chi connectivity index (χ4n) is 2.13. The Morgan fingerprint density at radius 1 is 0.731 bits per heavy atom. The number of thiol groups is 4. The highest BCUT2D eigenvalue weighted by Gasteiger charge is 2.33. The first-order valence-electron chi connectivity index (χ1n) is 7.96. The van der Waals surface area contributed by atoms with E-state index in [1.807, 2.05) is 47.0 Å². The lowest BCUT2D eigenvalue weighted by atomic mass is 10.2. The van der Waals surface area contributed by atoms with Gasteiger partial charge in [-0.25, -0.2) is 0 Å². The predicted molar refractivity (Wildman–Crippen MR) is 161 cm³/mol. The van der Waals surface area contributed by atoms with Crippen molar-refractivity contribution in [2.45, 2.75) is 13.9 Å². The Morgan fingerprint density at radius 3 is 1.54 bits per heavy atom. The summed E-state index contributed by atoms with van der Waals surface area (Å²) >= 11 is 33.9. The van der Waals surface area contributed by atoms with E-state index in [1.165, 1.54) is 40.3 Å². The molecule has 0 aromatic heterocycles. The molecule has 0 aliphatic carbocycles. The molecule has 0 aromatic carbocycles. The SMILES string of the molecule is SCSC(CSCC1(CSCC(SCS)SCS)CSCCS1)SCS. The van der Waals surface area contributed by atoms with Crippen LogP contribution in [0.3, 0.4) is 0 Å². The molecule has 0 atom stereocenters. The Hall–Kier alpha value is 4.20. The molecule has 1 aliphatic heterocycles. The third kappa shape index (κ3) is 12.9. The summed E-state index contributed by atoms with van der Waals surface area (Å²) in [7, 11) is 0. The van der Waals surface area contributed by atoms with Crippen molar-refractivity contribution in [3.8, 4) is 0 Å². The third-order valence-corrected chi connectivity index (χ3v) is 16.5. The summed E-state index contributed by atoms with van der Waals surface area (Å²) in [5.74, 6) is 8.82. The van der Waals surface area contributed by atoms with Gasteiger partial charge in [-0.05, 0) is 0 Å². The van der Waals surface area contributed by atoms with Crippen molar-refractivity contribution in [1.82, 2.24) is 0 Å². The van der Waals surface area contributed by atoms with E-state index in [-0.39, 0.29) is 0 Å². The maximum atomic E-state index is 4.38. The minimum absolute atomic E-state index is 0.432. The normalized spacial score (nSPS) is 17.3. The first-order valence-corrected chi connectivity index (χ1v) is 19.1. The van der Waals surface area contributed by atoms with Crippen LogP contribution in [0, 0.1) is 0 Å². The van der Waals surface area contributed by atoms with Gasteiger partial charge in [-0.3, -0.25) is 0 Å². The van der Waals surface area contributed by atoms with Crippen LogP contribution in [-0.4, -0.2) is 74.5 Å². The van der Waals surface area contributed by atoms with Crippen molar-refractivity contribution in [2.75, 3.05) is 60.6 Å². The fourth-order valence-corrected chi connectivity index (χ4v) is 16.3. The summed E-state index contributed by atoms with van der Waals surface area (Å²) in [4.78, 5) is 0. The lowest BCUT2D eigenvalue weighted by molar-refractivity contribution is 0.838. The van der Waals surface area contributed by atoms with Crippen LogP contribution >= 0.6 is 145 Å². The summed E-state index contributed by atoms with van der Waals surface area (Å²) in [6.45, 7) is 0. The van der Waals surface area contributed by atoms with Gasteiger partial charge in [0.25, 0.3) is 0 Å². The number of hydrogen-bond donors (Lipinski definition) is 4. The van der Waals surface area contributed by atoms with Gasteiger partial charge in [0.1, 0.15) is 0 Å². The van der Waals surface area contributed by atoms with Crippen LogP contribution in [0.1, 0.15) is 0 Å². The maximum Gasteiger partial charge on any atom is 0.0609 e. The van der Waals surface area contributed by atoms with Gasteiger partial charge in [-0.15, -0.1) is 47.0 Å². The van der Waals surface area contributed by atoms with Crippen molar-refractivity contribution in [3.05, 3.63) is 0 Å². The molecule has 0 aromatic rings. The van der Waals surface area contributed by atoms with Gasteiger partial charge in [0.15, 0.2) is 0 Å². The van der Waals surface area contributed by atoms with Crippen LogP contribution in [0.4, 0.5) is 0 Å². The quantitative estimate of drug-likeness (QED) is 0.115. The van der Waals surface area contributed by atoms with Crippen molar-refractivity contribution in [3.63, 3.8) is 0 Å². The van der Waals surface area contributed by atoms with E-state index in [2.05, 4.69) is 97.6 Å². The zero-order valence-electron chi connectivity index (χ0n) is 14.5. The standard InChI is InChI=1S/C14H28S12/c15-8-22-12(23-9-16)3-20-6-14(5-19-1-2-26-14)7-21-4-13(24-10-17)25-11-18/h12-13,15-18H,1-11H2. The molecule has 0 radical (unpaired) electrons. The fraction of sp³-hybridized carbons (Fsp3) is 1.00. The highest BCUT2D eigenvalue weighted by atomic mass is 32.2. The van der Waals surface area contributed by atoms with Gasteiger partial charge < -0.3 is 0 Å². The lowest BCUT2D eigenvalue weighted by Gasteiger charge is -2.36. The van der Waals surface area contributed by atoms with E-state index >= 15 is 0 Å². The average Bonchev–Trinajstić information content (AvgIpc) is 2.63. The van der Waals surface area contributed by atoms with Gasteiger partial charge in [-0.2, -0.15) is 97.6 Å². The predicted octanol–water partition coefficient (Wildman–Crippen LogP) is 6.81. The highest BCUT2D eigenvalue weighted by molar-refractivity contribution is 8.24. The molecule has 0 nitrogen and oxygen atoms in total. The topological polar surface area (TPSA) is 0 Å². The van der Waals surface area contributed by atoms with Gasteiger partial charge in [0.05, 0.1) is 9.16 Å². The zero-order valence-corrected chi connectivity index (χ0v) is 24.6. The summed E-state index contributed by atoms with van der Waals surface area (Å²) in [5, 5.41) is 3.57. The first-order chi connectivity index (χ1) is 12.7. The highest BCUT2D eigenvalue weighted by Crippen LogP contribution is 2.42. The summed E-state index contributed by atoms with van der Waals surface area (Å²) in [6.07, 6.45) is 0. The van der Waals surface area contributed by atoms with E-state index in [0.717, 1.165) is 20.3 Å². The molecule has 1 aliphatic rings. The number of thioether (sulfide) groups is 8. The summed E-state index contributed by atoms with van der Waals surface area (Å²) in [6, 6.07) is 0. The van der Waals surface area contributed by atoms with Crippen LogP contribution in [0.25, 0.3) is 0 Å². The van der Waals surface area contributed by atoms with Gasteiger partial charge in [0, 0.05) is 65.4 Å². The maximum absolute atomic E-state index is 4.38. The minimum atomic E-state index is 0.432. The molecular formula is C14H28S12. The van der Waals surface area contributed by atoms with E-state index < -0.39 is 0 Å². The number of rotatable bonds is 16. The summed E-state index contributed by atoms with van der Waals surface area (Å²) in [5.41, 5.74) is 0. The molecule has 0 amide bonds. The van der Waals surface area contributed by atoms with Crippen molar-refractivity contribution in [2.24, 2.45) is 0 Å². The Morgan fingerprint density at radius 2 is 1.19 bits per heavy atom. The second kappa shape index (κ2) is 18.7. The Balaban J connectivity index is 2.44. The Bertz CT molecular complexity index is 289. The van der Waals surface area contributed by atoms with Gasteiger partial charge in [0.2, 0.25) is 0 Å². The van der Waals surface area contributed by atoms with Crippen LogP contribution in [0.15, 0.2) is 0 Å². The monoisotopic (exact) mass is 580 g/mol. The molecular weight excluding hydrogens is 553 g/mol. The van der Waals surface area contributed by atoms with Crippen LogP contribution < -0.4 is 0 Å². The van der Waals surface area contributed by atoms with Crippen LogP contribution in [-0.2, 0) is 0 Å². The minimum Gasteiger partial charge on any atom is -0.168 e. The summed E-state index contributed by atoms with van der Waals surface area (Å²) < 4.78 is 1.66. The molecule has 1 heterocycles. The van der Waals surface area contributed by atoms with Crippen LogP contribution in [0.5, 0.6) is 0 Å². The molecule has 26 heavy (non-hydrogen) atoms. The Labute approximate surface area is 216 Å². The van der Waals surface area contributed by atoms with Crippen LogP contribution in [0.2, 0.25) is 0 Å². The van der Waals surface area contributed by atoms with Gasteiger partial charge >= 0.3 is 0 Å². The average molecular weight is 581 g/mol. The van der Waals surface area contributed by atoms with E-state index in [4.69, 9.17) is 0 Å². The molecule has 156 valence electrons. The van der Waals surface area contributed by atoms with E-state index in [1.54, 1.807) is 0 Å². The largest absolute Gasteiger partial charge is 0.168 e. The van der Waals surface area contributed by atoms with E-state index in [9.17, 15) is 0 Å². The third-order valence-electron chi connectivity index (χ3n) is 3.28. The van der Waals surface area contributed by atoms with Crippen molar-refractivity contribution >= 4 is 145 Å². The lowest BCUT2D eigenvalue weighted by Crippen LogP contribution is -2.38. The zero-order chi connectivity index (χ0) is 19.1. The Kier molecular flexibility index (Phi) is 20.4. The molecule has 1 rings (SSSR count). The molecule has 0 N–H and O–H groups in total.